The summed E-state index contributed by atoms with van der Waals surface area (Å²) in [6, 6.07) is 16.4. The van der Waals surface area contributed by atoms with Crippen molar-refractivity contribution in [1.82, 2.24) is 4.90 Å². The molecule has 0 spiro atoms. The number of hydrogen-bond donors (Lipinski definition) is 0. The molecule has 0 aromatic heterocycles. The summed E-state index contributed by atoms with van der Waals surface area (Å²) in [5, 5.41) is 9.65. The van der Waals surface area contributed by atoms with Gasteiger partial charge < -0.3 is 0 Å². The van der Waals surface area contributed by atoms with Crippen LogP contribution in [-0.4, -0.2) is 18.0 Å². The Balaban J connectivity index is 1.72. The molecule has 1 saturated heterocycles. The fourth-order valence-electron chi connectivity index (χ4n) is 3.19. The molecule has 2 nitrogen and oxygen atoms in total. The summed E-state index contributed by atoms with van der Waals surface area (Å²) >= 11 is 0. The molecule has 0 radical (unpaired) electrons. The van der Waals surface area contributed by atoms with Gasteiger partial charge in [0.05, 0.1) is 11.5 Å². The molecule has 0 unspecified atom stereocenters. The van der Waals surface area contributed by atoms with Gasteiger partial charge >= 0.3 is 0 Å². The zero-order valence-electron chi connectivity index (χ0n) is 12.8. The van der Waals surface area contributed by atoms with Crippen LogP contribution in [0, 0.1) is 23.0 Å². The molecule has 0 atom stereocenters. The van der Waals surface area contributed by atoms with Crippen LogP contribution in [0.2, 0.25) is 0 Å². The predicted molar refractivity (Wildman–Crippen MR) is 84.6 cm³/mol. The molecule has 3 rings (SSSR count). The molecule has 2 aromatic carbocycles. The second-order valence-electron chi connectivity index (χ2n) is 6.08. The molecular weight excluding hydrogens is 294 g/mol. The summed E-state index contributed by atoms with van der Waals surface area (Å²) in [4.78, 5) is 2.30. The highest BCUT2D eigenvalue weighted by Crippen LogP contribution is 2.36. The van der Waals surface area contributed by atoms with E-state index >= 15 is 0 Å². The third kappa shape index (κ3) is 3.25. The highest BCUT2D eigenvalue weighted by molar-refractivity contribution is 5.34. The average molecular weight is 312 g/mol. The van der Waals surface area contributed by atoms with Gasteiger partial charge in [-0.05, 0) is 36.1 Å². The fourth-order valence-corrected chi connectivity index (χ4v) is 3.19. The van der Waals surface area contributed by atoms with Crippen molar-refractivity contribution in [3.05, 3.63) is 71.3 Å². The van der Waals surface area contributed by atoms with E-state index in [-0.39, 0.29) is 0 Å². The number of rotatable bonds is 3. The van der Waals surface area contributed by atoms with E-state index in [4.69, 9.17) is 0 Å². The van der Waals surface area contributed by atoms with Crippen molar-refractivity contribution in [3.63, 3.8) is 0 Å². The topological polar surface area (TPSA) is 27.0 Å². The molecule has 0 aliphatic carbocycles. The monoisotopic (exact) mass is 312 g/mol. The maximum Gasteiger partial charge on any atom is 0.159 e. The Morgan fingerprint density at radius 3 is 2.30 bits per heavy atom. The lowest BCUT2D eigenvalue weighted by Crippen LogP contribution is -2.41. The van der Waals surface area contributed by atoms with Crippen molar-refractivity contribution in [2.45, 2.75) is 24.8 Å². The zero-order chi connectivity index (χ0) is 16.3. The van der Waals surface area contributed by atoms with Gasteiger partial charge in [0, 0.05) is 19.6 Å². The Morgan fingerprint density at radius 1 is 1.00 bits per heavy atom. The first-order chi connectivity index (χ1) is 11.1. The second-order valence-corrected chi connectivity index (χ2v) is 6.08. The predicted octanol–water partition coefficient (Wildman–Crippen LogP) is 4.02. The van der Waals surface area contributed by atoms with Crippen LogP contribution in [-0.2, 0) is 12.0 Å². The van der Waals surface area contributed by atoms with Gasteiger partial charge in [-0.3, -0.25) is 4.90 Å². The Hall–Kier alpha value is -2.25. The first-order valence-corrected chi connectivity index (χ1v) is 7.76. The number of hydrogen-bond acceptors (Lipinski definition) is 2. The van der Waals surface area contributed by atoms with E-state index in [2.05, 4.69) is 23.1 Å². The minimum absolute atomic E-state index is 0.582. The molecule has 1 fully saturated rings. The largest absolute Gasteiger partial charge is 0.299 e. The van der Waals surface area contributed by atoms with Crippen LogP contribution in [0.15, 0.2) is 48.5 Å². The van der Waals surface area contributed by atoms with Crippen molar-refractivity contribution < 1.29 is 8.78 Å². The standard InChI is InChI=1S/C19H18F2N2/c20-17-7-6-16(12-18(17)21)19(14-22)8-10-23(11-9-19)13-15-4-2-1-3-5-15/h1-7,12H,8-11,13H2. The van der Waals surface area contributed by atoms with Crippen LogP contribution in [0.4, 0.5) is 8.78 Å². The summed E-state index contributed by atoms with van der Waals surface area (Å²) in [5.41, 5.74) is 1.10. The summed E-state index contributed by atoms with van der Waals surface area (Å²) < 4.78 is 26.6. The Bertz CT molecular complexity index is 714. The number of halogens is 2. The highest BCUT2D eigenvalue weighted by atomic mass is 19.2. The van der Waals surface area contributed by atoms with E-state index < -0.39 is 17.0 Å². The first-order valence-electron chi connectivity index (χ1n) is 7.76. The lowest BCUT2D eigenvalue weighted by atomic mass is 9.74. The van der Waals surface area contributed by atoms with Gasteiger partial charge in [0.1, 0.15) is 0 Å². The number of nitriles is 1. The molecule has 0 saturated carbocycles. The molecule has 4 heteroatoms. The Kier molecular flexibility index (Phi) is 4.40. The van der Waals surface area contributed by atoms with E-state index in [1.54, 1.807) is 0 Å². The minimum atomic E-state index is -0.885. The summed E-state index contributed by atoms with van der Waals surface area (Å²) in [5.74, 6) is -1.76. The lowest BCUT2D eigenvalue weighted by molar-refractivity contribution is 0.179. The Morgan fingerprint density at radius 2 is 1.70 bits per heavy atom. The summed E-state index contributed by atoms with van der Waals surface area (Å²) in [6.07, 6.45) is 1.25. The van der Waals surface area contributed by atoms with Gasteiger partial charge in [0.15, 0.2) is 11.6 Å². The molecule has 0 bridgehead atoms. The molecule has 118 valence electrons. The van der Waals surface area contributed by atoms with Crippen molar-refractivity contribution in [3.8, 4) is 6.07 Å². The molecule has 1 aliphatic heterocycles. The van der Waals surface area contributed by atoms with Crippen molar-refractivity contribution in [2.75, 3.05) is 13.1 Å². The zero-order valence-corrected chi connectivity index (χ0v) is 12.8. The third-order valence-electron chi connectivity index (χ3n) is 4.64. The molecule has 1 aliphatic rings. The molecule has 1 heterocycles. The van der Waals surface area contributed by atoms with Crippen LogP contribution < -0.4 is 0 Å². The molecule has 0 N–H and O–H groups in total. The maximum atomic E-state index is 13.5. The van der Waals surface area contributed by atoms with E-state index in [9.17, 15) is 14.0 Å². The lowest BCUT2D eigenvalue weighted by Gasteiger charge is -2.37. The highest BCUT2D eigenvalue weighted by Gasteiger charge is 2.36. The van der Waals surface area contributed by atoms with E-state index in [1.165, 1.54) is 17.7 Å². The van der Waals surface area contributed by atoms with Crippen molar-refractivity contribution in [2.24, 2.45) is 0 Å². The molecule has 0 amide bonds. The number of likely N-dealkylation sites (tertiary alicyclic amines) is 1. The van der Waals surface area contributed by atoms with Gasteiger partial charge in [-0.1, -0.05) is 36.4 Å². The van der Waals surface area contributed by atoms with Gasteiger partial charge in [-0.15, -0.1) is 0 Å². The maximum absolute atomic E-state index is 13.5. The van der Waals surface area contributed by atoms with Crippen molar-refractivity contribution >= 4 is 0 Å². The number of nitrogens with zero attached hydrogens (tertiary/aromatic N) is 2. The third-order valence-corrected chi connectivity index (χ3v) is 4.64. The molecular formula is C19H18F2N2. The Labute approximate surface area is 135 Å². The quantitative estimate of drug-likeness (QED) is 0.856. The van der Waals surface area contributed by atoms with Gasteiger partial charge in [0.25, 0.3) is 0 Å². The summed E-state index contributed by atoms with van der Waals surface area (Å²) in [7, 11) is 0. The van der Waals surface area contributed by atoms with Crippen LogP contribution in [0.1, 0.15) is 24.0 Å². The normalized spacial score (nSPS) is 17.6. The van der Waals surface area contributed by atoms with Crippen LogP contribution in [0.25, 0.3) is 0 Å². The fraction of sp³-hybridized carbons (Fsp3) is 0.316. The van der Waals surface area contributed by atoms with Gasteiger partial charge in [0.2, 0.25) is 0 Å². The van der Waals surface area contributed by atoms with Gasteiger partial charge in [-0.25, -0.2) is 8.78 Å². The van der Waals surface area contributed by atoms with Gasteiger partial charge in [-0.2, -0.15) is 5.26 Å². The van der Waals surface area contributed by atoms with Crippen LogP contribution in [0.5, 0.6) is 0 Å². The first kappa shape index (κ1) is 15.6. The number of piperidine rings is 1. The number of benzene rings is 2. The SMILES string of the molecule is N#CC1(c2ccc(F)c(F)c2)CCN(Cc2ccccc2)CC1. The molecule has 2 aromatic rings. The average Bonchev–Trinajstić information content (AvgIpc) is 2.59. The van der Waals surface area contributed by atoms with E-state index in [0.29, 0.717) is 18.4 Å². The second kappa shape index (κ2) is 6.47. The summed E-state index contributed by atoms with van der Waals surface area (Å²) in [6.45, 7) is 2.38. The minimum Gasteiger partial charge on any atom is -0.299 e. The van der Waals surface area contributed by atoms with Crippen LogP contribution in [0.3, 0.4) is 0 Å². The smallest absolute Gasteiger partial charge is 0.159 e. The van der Waals surface area contributed by atoms with E-state index in [1.807, 2.05) is 18.2 Å². The van der Waals surface area contributed by atoms with E-state index in [0.717, 1.165) is 25.7 Å². The molecule has 23 heavy (non-hydrogen) atoms. The van der Waals surface area contributed by atoms with Crippen LogP contribution >= 0.6 is 0 Å². The van der Waals surface area contributed by atoms with Crippen molar-refractivity contribution in [1.29, 1.82) is 5.26 Å².